The number of anilines is 1. The lowest BCUT2D eigenvalue weighted by Crippen LogP contribution is -2.27. The zero-order valence-corrected chi connectivity index (χ0v) is 14.1. The van der Waals surface area contributed by atoms with Crippen LogP contribution < -0.4 is 14.8 Å². The van der Waals surface area contributed by atoms with Crippen molar-refractivity contribution in [1.29, 1.82) is 0 Å². The largest absolute Gasteiger partial charge is 0.494 e. The van der Waals surface area contributed by atoms with E-state index in [0.717, 1.165) is 0 Å². The molecule has 0 aliphatic rings. The lowest BCUT2D eigenvalue weighted by Gasteiger charge is -2.21. The van der Waals surface area contributed by atoms with Gasteiger partial charge in [-0.3, -0.25) is 10.1 Å². The van der Waals surface area contributed by atoms with Gasteiger partial charge >= 0.3 is 12.1 Å². The first-order chi connectivity index (χ1) is 10.8. The summed E-state index contributed by atoms with van der Waals surface area (Å²) < 4.78 is 20.5. The average Bonchev–Trinajstić information content (AvgIpc) is 2.46. The quantitative estimate of drug-likeness (QED) is 0.810. The van der Waals surface area contributed by atoms with E-state index in [9.17, 15) is 9.59 Å². The minimum absolute atomic E-state index is 0.0968. The lowest BCUT2D eigenvalue weighted by atomic mass is 10.2. The van der Waals surface area contributed by atoms with Gasteiger partial charge in [-0.05, 0) is 32.9 Å². The van der Waals surface area contributed by atoms with Crippen LogP contribution in [0, 0.1) is 0 Å². The van der Waals surface area contributed by atoms with Crippen LogP contribution in [0.5, 0.6) is 11.5 Å². The number of rotatable bonds is 6. The SMILES string of the molecule is COC(=O)CCOc1cccc(OC)c1NC(=O)OC(C)(C)C. The third kappa shape index (κ3) is 6.46. The van der Waals surface area contributed by atoms with E-state index in [-0.39, 0.29) is 19.0 Å². The summed E-state index contributed by atoms with van der Waals surface area (Å²) in [4.78, 5) is 23.1. The lowest BCUT2D eigenvalue weighted by molar-refractivity contribution is -0.141. The molecule has 0 saturated heterocycles. The van der Waals surface area contributed by atoms with E-state index < -0.39 is 11.7 Å². The van der Waals surface area contributed by atoms with Gasteiger partial charge in [0.2, 0.25) is 0 Å². The van der Waals surface area contributed by atoms with Crippen molar-refractivity contribution < 1.29 is 28.5 Å². The Labute approximate surface area is 135 Å². The maximum atomic E-state index is 12.0. The second kappa shape index (κ2) is 8.26. The fourth-order valence-corrected chi connectivity index (χ4v) is 1.68. The fraction of sp³-hybridized carbons (Fsp3) is 0.500. The Balaban J connectivity index is 2.86. The monoisotopic (exact) mass is 325 g/mol. The van der Waals surface area contributed by atoms with Gasteiger partial charge in [0, 0.05) is 0 Å². The van der Waals surface area contributed by atoms with Crippen molar-refractivity contribution in [2.24, 2.45) is 0 Å². The van der Waals surface area contributed by atoms with E-state index in [1.807, 2.05) is 0 Å². The predicted molar refractivity (Wildman–Crippen MR) is 85.0 cm³/mol. The van der Waals surface area contributed by atoms with Crippen molar-refractivity contribution in [2.75, 3.05) is 26.1 Å². The number of carbonyl (C=O) groups excluding carboxylic acids is 2. The molecule has 1 aromatic rings. The van der Waals surface area contributed by atoms with Crippen molar-refractivity contribution in [3.63, 3.8) is 0 Å². The summed E-state index contributed by atoms with van der Waals surface area (Å²) in [6.07, 6.45) is -0.528. The second-order valence-electron chi connectivity index (χ2n) is 5.63. The molecular formula is C16H23NO6. The van der Waals surface area contributed by atoms with Gasteiger partial charge in [-0.15, -0.1) is 0 Å². The van der Waals surface area contributed by atoms with Gasteiger partial charge in [0.15, 0.2) is 0 Å². The smallest absolute Gasteiger partial charge is 0.412 e. The van der Waals surface area contributed by atoms with Crippen LogP contribution in [0.4, 0.5) is 10.5 Å². The van der Waals surface area contributed by atoms with E-state index in [1.165, 1.54) is 14.2 Å². The van der Waals surface area contributed by atoms with Crippen molar-refractivity contribution in [2.45, 2.75) is 32.8 Å². The fourth-order valence-electron chi connectivity index (χ4n) is 1.68. The molecule has 0 heterocycles. The van der Waals surface area contributed by atoms with Crippen molar-refractivity contribution in [3.05, 3.63) is 18.2 Å². The van der Waals surface area contributed by atoms with Gasteiger partial charge < -0.3 is 18.9 Å². The Hall–Kier alpha value is -2.44. The van der Waals surface area contributed by atoms with Crippen molar-refractivity contribution in [1.82, 2.24) is 0 Å². The van der Waals surface area contributed by atoms with Crippen LogP contribution in [0.3, 0.4) is 0 Å². The molecule has 1 aromatic carbocycles. The number of hydrogen-bond acceptors (Lipinski definition) is 6. The van der Waals surface area contributed by atoms with E-state index >= 15 is 0 Å². The number of amides is 1. The molecule has 0 aliphatic heterocycles. The first-order valence-corrected chi connectivity index (χ1v) is 7.13. The molecule has 0 unspecified atom stereocenters. The summed E-state index contributed by atoms with van der Waals surface area (Å²) in [5.74, 6) is 0.417. The number of carbonyl (C=O) groups is 2. The molecule has 23 heavy (non-hydrogen) atoms. The molecule has 0 atom stereocenters. The molecule has 0 aromatic heterocycles. The van der Waals surface area contributed by atoms with E-state index in [0.29, 0.717) is 17.2 Å². The second-order valence-corrected chi connectivity index (χ2v) is 5.63. The van der Waals surface area contributed by atoms with E-state index in [4.69, 9.17) is 14.2 Å². The van der Waals surface area contributed by atoms with E-state index in [2.05, 4.69) is 10.1 Å². The van der Waals surface area contributed by atoms with Crippen LogP contribution >= 0.6 is 0 Å². The van der Waals surface area contributed by atoms with Crippen LogP contribution in [0.15, 0.2) is 18.2 Å². The van der Waals surface area contributed by atoms with Crippen LogP contribution in [0.25, 0.3) is 0 Å². The number of nitrogens with one attached hydrogen (secondary N) is 1. The predicted octanol–water partition coefficient (Wildman–Crippen LogP) is 2.98. The van der Waals surface area contributed by atoms with Gasteiger partial charge in [-0.1, -0.05) is 6.07 Å². The molecule has 0 saturated carbocycles. The zero-order chi connectivity index (χ0) is 17.5. The highest BCUT2D eigenvalue weighted by molar-refractivity contribution is 5.89. The van der Waals surface area contributed by atoms with Gasteiger partial charge in [0.05, 0.1) is 27.2 Å². The van der Waals surface area contributed by atoms with Gasteiger partial charge in [0.1, 0.15) is 22.8 Å². The van der Waals surface area contributed by atoms with Crippen LogP contribution in [0.2, 0.25) is 0 Å². The molecule has 1 N–H and O–H groups in total. The molecule has 0 aliphatic carbocycles. The Bertz CT molecular complexity index is 550. The molecule has 128 valence electrons. The Morgan fingerprint density at radius 1 is 1.13 bits per heavy atom. The van der Waals surface area contributed by atoms with E-state index in [1.54, 1.807) is 39.0 Å². The molecule has 1 rings (SSSR count). The summed E-state index contributed by atoms with van der Waals surface area (Å²) in [5.41, 5.74) is -0.285. The number of methoxy groups -OCH3 is 2. The minimum Gasteiger partial charge on any atom is -0.494 e. The van der Waals surface area contributed by atoms with Gasteiger partial charge in [-0.25, -0.2) is 4.79 Å². The molecule has 0 fully saturated rings. The summed E-state index contributed by atoms with van der Waals surface area (Å²) in [7, 11) is 2.79. The zero-order valence-electron chi connectivity index (χ0n) is 14.1. The maximum absolute atomic E-state index is 12.0. The van der Waals surface area contributed by atoms with Gasteiger partial charge in [-0.2, -0.15) is 0 Å². The third-order valence-electron chi connectivity index (χ3n) is 2.63. The molecule has 0 spiro atoms. The van der Waals surface area contributed by atoms with Crippen molar-refractivity contribution >= 4 is 17.7 Å². The molecule has 7 heteroatoms. The number of hydrogen-bond donors (Lipinski definition) is 1. The maximum Gasteiger partial charge on any atom is 0.412 e. The Morgan fingerprint density at radius 2 is 1.78 bits per heavy atom. The standard InChI is InChI=1S/C16H23NO6/c1-16(2,3)23-15(19)17-14-11(20-4)7-6-8-12(14)22-10-9-13(18)21-5/h6-8H,9-10H2,1-5H3,(H,17,19). The first kappa shape index (κ1) is 18.6. The Kier molecular flexibility index (Phi) is 6.68. The topological polar surface area (TPSA) is 83.1 Å². The highest BCUT2D eigenvalue weighted by Crippen LogP contribution is 2.34. The molecule has 0 radical (unpaired) electrons. The number of esters is 1. The van der Waals surface area contributed by atoms with Crippen LogP contribution in [0.1, 0.15) is 27.2 Å². The van der Waals surface area contributed by atoms with Crippen LogP contribution in [-0.2, 0) is 14.3 Å². The number of ether oxygens (including phenoxy) is 4. The summed E-state index contributed by atoms with van der Waals surface area (Å²) in [6.45, 7) is 5.41. The third-order valence-corrected chi connectivity index (χ3v) is 2.63. The minimum atomic E-state index is -0.627. The van der Waals surface area contributed by atoms with Crippen molar-refractivity contribution in [3.8, 4) is 11.5 Å². The summed E-state index contributed by atoms with van der Waals surface area (Å²) in [6, 6.07) is 5.05. The highest BCUT2D eigenvalue weighted by atomic mass is 16.6. The first-order valence-electron chi connectivity index (χ1n) is 7.13. The number of benzene rings is 1. The molecule has 7 nitrogen and oxygen atoms in total. The summed E-state index contributed by atoms with van der Waals surface area (Å²) >= 11 is 0. The van der Waals surface area contributed by atoms with Gasteiger partial charge in [0.25, 0.3) is 0 Å². The molecule has 1 amide bonds. The average molecular weight is 325 g/mol. The molecule has 0 bridgehead atoms. The highest BCUT2D eigenvalue weighted by Gasteiger charge is 2.20. The number of para-hydroxylation sites is 1. The molecular weight excluding hydrogens is 302 g/mol. The Morgan fingerprint density at radius 3 is 2.35 bits per heavy atom. The normalized spacial score (nSPS) is 10.7. The summed E-state index contributed by atoms with van der Waals surface area (Å²) in [5, 5.41) is 2.61. The van der Waals surface area contributed by atoms with Crippen LogP contribution in [-0.4, -0.2) is 38.5 Å².